The Hall–Kier alpha value is -1.22. The van der Waals surface area contributed by atoms with Crippen LogP contribution < -0.4 is 10.1 Å². The summed E-state index contributed by atoms with van der Waals surface area (Å²) in [7, 11) is 1.63. The Kier molecular flexibility index (Phi) is 4.43. The average molecular weight is 209 g/mol. The first-order valence-corrected chi connectivity index (χ1v) is 5.29. The highest BCUT2D eigenvalue weighted by atomic mass is 16.5. The number of ether oxygens (including phenoxy) is 1. The average Bonchev–Trinajstić information content (AvgIpc) is 2.26. The molecule has 3 heteroatoms. The second-order valence-electron chi connectivity index (χ2n) is 3.60. The minimum absolute atomic E-state index is 0.139. The molecule has 84 valence electrons. The van der Waals surface area contributed by atoms with Crippen LogP contribution in [0.4, 0.5) is 0 Å². The molecule has 0 heterocycles. The van der Waals surface area contributed by atoms with Gasteiger partial charge in [-0.3, -0.25) is 0 Å². The molecule has 0 aliphatic heterocycles. The predicted molar refractivity (Wildman–Crippen MR) is 61.4 cm³/mol. The number of phenols is 1. The van der Waals surface area contributed by atoms with Crippen LogP contribution in [-0.4, -0.2) is 18.8 Å². The molecule has 3 nitrogen and oxygen atoms in total. The highest BCUT2D eigenvalue weighted by Gasteiger charge is 2.10. The van der Waals surface area contributed by atoms with Crippen molar-refractivity contribution < 1.29 is 9.84 Å². The zero-order chi connectivity index (χ0) is 11.3. The van der Waals surface area contributed by atoms with Crippen LogP contribution in [0.25, 0.3) is 0 Å². The molecular formula is C12H19NO2. The first-order chi connectivity index (χ1) is 7.19. The Morgan fingerprint density at radius 1 is 1.47 bits per heavy atom. The van der Waals surface area contributed by atoms with Gasteiger partial charge in [-0.1, -0.05) is 6.92 Å². The number of phenolic OH excluding ortho intramolecular Hbond substituents is 1. The number of aromatic hydroxyl groups is 1. The number of benzene rings is 1. The second-order valence-corrected chi connectivity index (χ2v) is 3.60. The van der Waals surface area contributed by atoms with Gasteiger partial charge in [0.25, 0.3) is 0 Å². The molecule has 1 aromatic carbocycles. The molecule has 0 aliphatic rings. The van der Waals surface area contributed by atoms with Crippen molar-refractivity contribution in [3.8, 4) is 11.5 Å². The molecular weight excluding hydrogens is 190 g/mol. The largest absolute Gasteiger partial charge is 0.508 e. The van der Waals surface area contributed by atoms with E-state index in [9.17, 15) is 5.11 Å². The molecule has 15 heavy (non-hydrogen) atoms. The Morgan fingerprint density at radius 3 is 2.80 bits per heavy atom. The van der Waals surface area contributed by atoms with Crippen molar-refractivity contribution >= 4 is 0 Å². The summed E-state index contributed by atoms with van der Waals surface area (Å²) in [6.45, 7) is 5.09. The van der Waals surface area contributed by atoms with Gasteiger partial charge in [0.1, 0.15) is 11.5 Å². The number of rotatable bonds is 5. The maximum atomic E-state index is 9.70. The first-order valence-electron chi connectivity index (χ1n) is 5.29. The third-order valence-electron chi connectivity index (χ3n) is 2.40. The normalized spacial score (nSPS) is 12.5. The van der Waals surface area contributed by atoms with Gasteiger partial charge in [0, 0.05) is 11.6 Å². The first kappa shape index (κ1) is 11.9. The molecule has 1 aromatic rings. The highest BCUT2D eigenvalue weighted by Crippen LogP contribution is 2.28. The molecule has 0 aromatic heterocycles. The number of nitrogens with one attached hydrogen (secondary N) is 1. The minimum atomic E-state index is 0.139. The van der Waals surface area contributed by atoms with Gasteiger partial charge in [-0.15, -0.1) is 0 Å². The van der Waals surface area contributed by atoms with Crippen LogP contribution in [-0.2, 0) is 0 Å². The Balaban J connectivity index is 2.81. The second kappa shape index (κ2) is 5.61. The Morgan fingerprint density at radius 2 is 2.20 bits per heavy atom. The number of hydrogen-bond donors (Lipinski definition) is 2. The van der Waals surface area contributed by atoms with Crippen molar-refractivity contribution in [2.24, 2.45) is 0 Å². The standard InChI is InChI=1S/C12H19NO2/c1-4-7-13-9(2)11-8-10(15-3)5-6-12(11)14/h5-6,8-9,13-14H,4,7H2,1-3H3. The summed E-state index contributed by atoms with van der Waals surface area (Å²) in [5.74, 6) is 1.08. The quantitative estimate of drug-likeness (QED) is 0.782. The van der Waals surface area contributed by atoms with E-state index >= 15 is 0 Å². The van der Waals surface area contributed by atoms with Gasteiger partial charge in [-0.05, 0) is 38.1 Å². The predicted octanol–water partition coefficient (Wildman–Crippen LogP) is 2.46. The van der Waals surface area contributed by atoms with Gasteiger partial charge in [-0.2, -0.15) is 0 Å². The minimum Gasteiger partial charge on any atom is -0.508 e. The van der Waals surface area contributed by atoms with E-state index in [1.165, 1.54) is 0 Å². The lowest BCUT2D eigenvalue weighted by molar-refractivity contribution is 0.407. The third kappa shape index (κ3) is 3.13. The molecule has 0 fully saturated rings. The molecule has 0 bridgehead atoms. The lowest BCUT2D eigenvalue weighted by Gasteiger charge is -2.15. The Bertz CT molecular complexity index is 312. The number of hydrogen-bond acceptors (Lipinski definition) is 3. The van der Waals surface area contributed by atoms with Crippen molar-refractivity contribution in [2.45, 2.75) is 26.3 Å². The van der Waals surface area contributed by atoms with Crippen molar-refractivity contribution in [3.63, 3.8) is 0 Å². The van der Waals surface area contributed by atoms with Crippen molar-refractivity contribution in [3.05, 3.63) is 23.8 Å². The molecule has 0 saturated carbocycles. The fraction of sp³-hybridized carbons (Fsp3) is 0.500. The van der Waals surface area contributed by atoms with E-state index < -0.39 is 0 Å². The van der Waals surface area contributed by atoms with Gasteiger partial charge in [-0.25, -0.2) is 0 Å². The van der Waals surface area contributed by atoms with Crippen LogP contribution in [0.5, 0.6) is 11.5 Å². The van der Waals surface area contributed by atoms with E-state index in [0.717, 1.165) is 24.3 Å². The topological polar surface area (TPSA) is 41.5 Å². The van der Waals surface area contributed by atoms with E-state index in [1.807, 2.05) is 13.0 Å². The van der Waals surface area contributed by atoms with Gasteiger partial charge in [0.05, 0.1) is 7.11 Å². The maximum Gasteiger partial charge on any atom is 0.120 e. The molecule has 0 saturated heterocycles. The molecule has 0 amide bonds. The van der Waals surface area contributed by atoms with Crippen molar-refractivity contribution in [2.75, 3.05) is 13.7 Å². The summed E-state index contributed by atoms with van der Waals surface area (Å²) in [5, 5.41) is 13.0. The molecule has 0 spiro atoms. The molecule has 2 N–H and O–H groups in total. The molecule has 0 aliphatic carbocycles. The molecule has 1 rings (SSSR count). The van der Waals surface area contributed by atoms with Gasteiger partial charge in [0.2, 0.25) is 0 Å². The van der Waals surface area contributed by atoms with Crippen LogP contribution in [0, 0.1) is 0 Å². The summed E-state index contributed by atoms with van der Waals surface area (Å²) >= 11 is 0. The van der Waals surface area contributed by atoms with E-state index in [0.29, 0.717) is 5.75 Å². The smallest absolute Gasteiger partial charge is 0.120 e. The molecule has 1 atom stereocenters. The summed E-state index contributed by atoms with van der Waals surface area (Å²) in [5.41, 5.74) is 0.878. The van der Waals surface area contributed by atoms with E-state index in [-0.39, 0.29) is 6.04 Å². The molecule has 1 unspecified atom stereocenters. The zero-order valence-corrected chi connectivity index (χ0v) is 9.58. The summed E-state index contributed by atoms with van der Waals surface area (Å²) in [6, 6.07) is 5.42. The third-order valence-corrected chi connectivity index (χ3v) is 2.40. The monoisotopic (exact) mass is 209 g/mol. The lowest BCUT2D eigenvalue weighted by atomic mass is 10.1. The molecule has 0 radical (unpaired) electrons. The Labute approximate surface area is 91.1 Å². The fourth-order valence-corrected chi connectivity index (χ4v) is 1.48. The SMILES string of the molecule is CCCNC(C)c1cc(OC)ccc1O. The van der Waals surface area contributed by atoms with Crippen molar-refractivity contribution in [1.82, 2.24) is 5.32 Å². The highest BCUT2D eigenvalue weighted by molar-refractivity contribution is 5.41. The van der Waals surface area contributed by atoms with E-state index in [2.05, 4.69) is 12.2 Å². The van der Waals surface area contributed by atoms with Crippen LogP contribution in [0.15, 0.2) is 18.2 Å². The van der Waals surface area contributed by atoms with Gasteiger partial charge < -0.3 is 15.2 Å². The zero-order valence-electron chi connectivity index (χ0n) is 9.58. The van der Waals surface area contributed by atoms with Crippen LogP contribution in [0.2, 0.25) is 0 Å². The van der Waals surface area contributed by atoms with Crippen LogP contribution in [0.1, 0.15) is 31.9 Å². The van der Waals surface area contributed by atoms with Crippen molar-refractivity contribution in [1.29, 1.82) is 0 Å². The van der Waals surface area contributed by atoms with Gasteiger partial charge in [0.15, 0.2) is 0 Å². The fourth-order valence-electron chi connectivity index (χ4n) is 1.48. The maximum absolute atomic E-state index is 9.70. The summed E-state index contributed by atoms with van der Waals surface area (Å²) < 4.78 is 5.13. The van der Waals surface area contributed by atoms with Crippen LogP contribution >= 0.6 is 0 Å². The summed E-state index contributed by atoms with van der Waals surface area (Å²) in [4.78, 5) is 0. The van der Waals surface area contributed by atoms with E-state index in [4.69, 9.17) is 4.74 Å². The lowest BCUT2D eigenvalue weighted by Crippen LogP contribution is -2.19. The van der Waals surface area contributed by atoms with Gasteiger partial charge >= 0.3 is 0 Å². The van der Waals surface area contributed by atoms with Crippen LogP contribution in [0.3, 0.4) is 0 Å². The number of methoxy groups -OCH3 is 1. The van der Waals surface area contributed by atoms with E-state index in [1.54, 1.807) is 19.2 Å². The summed E-state index contributed by atoms with van der Waals surface area (Å²) in [6.07, 6.45) is 1.08.